The van der Waals surface area contributed by atoms with Crippen molar-refractivity contribution in [2.24, 2.45) is 4.99 Å². The highest BCUT2D eigenvalue weighted by Crippen LogP contribution is 2.19. The van der Waals surface area contributed by atoms with E-state index in [9.17, 15) is 13.6 Å². The zero-order valence-electron chi connectivity index (χ0n) is 9.68. The standard InChI is InChI=1S/C14H9F2NO2/c15-10-6-5-9(12(16)7-10)8-17-13-4-2-1-3-11(13)14(18)19/h1-8H,(H,18,19). The maximum absolute atomic E-state index is 13.4. The average molecular weight is 261 g/mol. The van der Waals surface area contributed by atoms with Crippen LogP contribution in [0.5, 0.6) is 0 Å². The molecule has 2 aromatic carbocycles. The number of aliphatic imine (C=N–C) groups is 1. The largest absolute Gasteiger partial charge is 0.478 e. The van der Waals surface area contributed by atoms with Gasteiger partial charge in [0.25, 0.3) is 0 Å². The summed E-state index contributed by atoms with van der Waals surface area (Å²) in [5, 5.41) is 8.96. The van der Waals surface area contributed by atoms with Crippen molar-refractivity contribution in [3.63, 3.8) is 0 Å². The molecule has 0 aliphatic rings. The van der Waals surface area contributed by atoms with Gasteiger partial charge in [-0.25, -0.2) is 13.6 Å². The molecule has 1 N–H and O–H groups in total. The highest BCUT2D eigenvalue weighted by Gasteiger charge is 2.07. The summed E-state index contributed by atoms with van der Waals surface area (Å²) in [6.45, 7) is 0. The molecule has 0 aliphatic carbocycles. The number of para-hydroxylation sites is 1. The summed E-state index contributed by atoms with van der Waals surface area (Å²) in [5.41, 5.74) is 0.307. The van der Waals surface area contributed by atoms with Gasteiger partial charge in [0.1, 0.15) is 11.6 Å². The maximum atomic E-state index is 13.4. The van der Waals surface area contributed by atoms with Gasteiger partial charge < -0.3 is 5.11 Å². The Kier molecular flexibility index (Phi) is 3.66. The molecule has 96 valence electrons. The number of carboxylic acids is 1. The van der Waals surface area contributed by atoms with E-state index in [4.69, 9.17) is 5.11 Å². The number of aromatic carboxylic acids is 1. The highest BCUT2D eigenvalue weighted by molar-refractivity contribution is 5.95. The number of rotatable bonds is 3. The first-order valence-electron chi connectivity index (χ1n) is 5.39. The van der Waals surface area contributed by atoms with Gasteiger partial charge in [0.05, 0.1) is 11.3 Å². The van der Waals surface area contributed by atoms with Crippen molar-refractivity contribution in [1.82, 2.24) is 0 Å². The Morgan fingerprint density at radius 1 is 1.16 bits per heavy atom. The van der Waals surface area contributed by atoms with E-state index >= 15 is 0 Å². The van der Waals surface area contributed by atoms with Gasteiger partial charge in [0.15, 0.2) is 0 Å². The Morgan fingerprint density at radius 2 is 1.89 bits per heavy atom. The van der Waals surface area contributed by atoms with Crippen LogP contribution in [0.3, 0.4) is 0 Å². The fraction of sp³-hybridized carbons (Fsp3) is 0. The second-order valence-corrected chi connectivity index (χ2v) is 3.75. The van der Waals surface area contributed by atoms with Crippen LogP contribution in [0.2, 0.25) is 0 Å². The molecule has 5 heteroatoms. The number of carboxylic acid groups (broad SMARTS) is 1. The van der Waals surface area contributed by atoms with E-state index in [1.165, 1.54) is 18.2 Å². The van der Waals surface area contributed by atoms with E-state index in [2.05, 4.69) is 4.99 Å². The third-order valence-electron chi connectivity index (χ3n) is 2.44. The van der Waals surface area contributed by atoms with Crippen molar-refractivity contribution in [1.29, 1.82) is 0 Å². The van der Waals surface area contributed by atoms with Crippen molar-refractivity contribution in [2.45, 2.75) is 0 Å². The Labute approximate surface area is 107 Å². The summed E-state index contributed by atoms with van der Waals surface area (Å²) in [6.07, 6.45) is 1.16. The van der Waals surface area contributed by atoms with Gasteiger partial charge in [0.2, 0.25) is 0 Å². The van der Waals surface area contributed by atoms with Gasteiger partial charge in [-0.1, -0.05) is 12.1 Å². The number of carbonyl (C=O) groups is 1. The van der Waals surface area contributed by atoms with Crippen molar-refractivity contribution in [3.8, 4) is 0 Å². The van der Waals surface area contributed by atoms with Gasteiger partial charge in [-0.3, -0.25) is 4.99 Å². The zero-order chi connectivity index (χ0) is 13.8. The van der Waals surface area contributed by atoms with Crippen LogP contribution in [0.25, 0.3) is 0 Å². The summed E-state index contributed by atoms with van der Waals surface area (Å²) in [4.78, 5) is 14.9. The molecular weight excluding hydrogens is 252 g/mol. The quantitative estimate of drug-likeness (QED) is 0.861. The van der Waals surface area contributed by atoms with E-state index in [0.29, 0.717) is 0 Å². The van der Waals surface area contributed by atoms with E-state index in [0.717, 1.165) is 18.3 Å². The van der Waals surface area contributed by atoms with Crippen molar-refractivity contribution in [2.75, 3.05) is 0 Å². The number of nitrogens with zero attached hydrogens (tertiary/aromatic N) is 1. The topological polar surface area (TPSA) is 49.7 Å². The maximum Gasteiger partial charge on any atom is 0.337 e. The molecule has 0 spiro atoms. The smallest absolute Gasteiger partial charge is 0.337 e. The van der Waals surface area contributed by atoms with Gasteiger partial charge >= 0.3 is 5.97 Å². The number of benzene rings is 2. The Balaban J connectivity index is 2.35. The molecule has 0 radical (unpaired) electrons. The van der Waals surface area contributed by atoms with Crippen molar-refractivity contribution < 1.29 is 18.7 Å². The molecule has 3 nitrogen and oxygen atoms in total. The minimum absolute atomic E-state index is 0.0151. The third kappa shape index (κ3) is 3.01. The number of halogens is 2. The van der Waals surface area contributed by atoms with Crippen LogP contribution in [0.1, 0.15) is 15.9 Å². The van der Waals surface area contributed by atoms with Crippen LogP contribution >= 0.6 is 0 Å². The summed E-state index contributed by atoms with van der Waals surface area (Å²) in [6, 6.07) is 9.17. The van der Waals surface area contributed by atoms with Crippen LogP contribution in [-0.2, 0) is 0 Å². The summed E-state index contributed by atoms with van der Waals surface area (Å²) >= 11 is 0. The average Bonchev–Trinajstić information content (AvgIpc) is 2.38. The molecule has 19 heavy (non-hydrogen) atoms. The number of hydrogen-bond donors (Lipinski definition) is 1. The van der Waals surface area contributed by atoms with Crippen LogP contribution < -0.4 is 0 Å². The molecule has 0 bridgehead atoms. The minimum Gasteiger partial charge on any atom is -0.478 e. The van der Waals surface area contributed by atoms with E-state index < -0.39 is 17.6 Å². The van der Waals surface area contributed by atoms with Crippen LogP contribution in [0.15, 0.2) is 47.5 Å². The SMILES string of the molecule is O=C(O)c1ccccc1N=Cc1ccc(F)cc1F. The lowest BCUT2D eigenvalue weighted by Crippen LogP contribution is -1.96. The van der Waals surface area contributed by atoms with E-state index in [1.807, 2.05) is 0 Å². The highest BCUT2D eigenvalue weighted by atomic mass is 19.1. The van der Waals surface area contributed by atoms with Crippen LogP contribution in [0.4, 0.5) is 14.5 Å². The lowest BCUT2D eigenvalue weighted by atomic mass is 10.2. The Hall–Kier alpha value is -2.56. The van der Waals surface area contributed by atoms with Gasteiger partial charge in [-0.15, -0.1) is 0 Å². The molecule has 0 saturated heterocycles. The normalized spacial score (nSPS) is 10.8. The summed E-state index contributed by atoms with van der Waals surface area (Å²) in [5.74, 6) is -2.55. The number of hydrogen-bond acceptors (Lipinski definition) is 2. The summed E-state index contributed by atoms with van der Waals surface area (Å²) in [7, 11) is 0. The lowest BCUT2D eigenvalue weighted by Gasteiger charge is -2.00. The van der Waals surface area contributed by atoms with Gasteiger partial charge in [0, 0.05) is 17.8 Å². The molecule has 0 aromatic heterocycles. The van der Waals surface area contributed by atoms with Crippen molar-refractivity contribution in [3.05, 3.63) is 65.2 Å². The predicted molar refractivity (Wildman–Crippen MR) is 67.0 cm³/mol. The van der Waals surface area contributed by atoms with Crippen LogP contribution in [0, 0.1) is 11.6 Å². The second kappa shape index (κ2) is 5.39. The first-order chi connectivity index (χ1) is 9.08. The lowest BCUT2D eigenvalue weighted by molar-refractivity contribution is 0.0698. The molecule has 0 unspecified atom stereocenters. The Morgan fingerprint density at radius 3 is 2.58 bits per heavy atom. The first kappa shape index (κ1) is 12.9. The minimum atomic E-state index is -1.12. The third-order valence-corrected chi connectivity index (χ3v) is 2.44. The van der Waals surface area contributed by atoms with Gasteiger partial charge in [-0.2, -0.15) is 0 Å². The molecule has 0 saturated carbocycles. The van der Waals surface area contributed by atoms with Crippen molar-refractivity contribution >= 4 is 17.9 Å². The molecule has 2 aromatic rings. The molecule has 0 amide bonds. The zero-order valence-corrected chi connectivity index (χ0v) is 9.68. The van der Waals surface area contributed by atoms with E-state index in [-0.39, 0.29) is 16.8 Å². The Bertz CT molecular complexity index is 654. The molecule has 0 heterocycles. The predicted octanol–water partition coefficient (Wildman–Crippen LogP) is 3.41. The molecule has 0 aliphatic heterocycles. The molecule has 2 rings (SSSR count). The van der Waals surface area contributed by atoms with E-state index in [1.54, 1.807) is 12.1 Å². The fourth-order valence-corrected chi connectivity index (χ4v) is 1.51. The van der Waals surface area contributed by atoms with Crippen LogP contribution in [-0.4, -0.2) is 17.3 Å². The second-order valence-electron chi connectivity index (χ2n) is 3.75. The summed E-state index contributed by atoms with van der Waals surface area (Å²) < 4.78 is 26.1. The first-order valence-corrected chi connectivity index (χ1v) is 5.39. The monoisotopic (exact) mass is 261 g/mol. The van der Waals surface area contributed by atoms with Gasteiger partial charge in [-0.05, 0) is 24.3 Å². The molecule has 0 atom stereocenters. The molecular formula is C14H9F2NO2. The fourth-order valence-electron chi connectivity index (χ4n) is 1.51. The molecule has 0 fully saturated rings.